The van der Waals surface area contributed by atoms with E-state index < -0.39 is 77.3 Å². The molecule has 4 rings (SSSR count). The molecular weight excluding hydrogens is 668 g/mol. The Balaban J connectivity index is 1.60. The van der Waals surface area contributed by atoms with Crippen LogP contribution in [-0.4, -0.2) is 91.4 Å². The number of carboxylic acid groups (broad SMARTS) is 2. The largest absolute Gasteiger partial charge is 0.478 e. The lowest BCUT2D eigenvalue weighted by atomic mass is 10.0. The van der Waals surface area contributed by atoms with E-state index in [-0.39, 0.29) is 39.2 Å². The van der Waals surface area contributed by atoms with Crippen LogP contribution >= 0.6 is 23.1 Å². The minimum Gasteiger partial charge on any atom is -0.478 e. The predicted molar refractivity (Wildman–Crippen MR) is 159 cm³/mol. The number of amides is 3. The number of hydrogen-bond donors (Lipinski definition) is 5. The van der Waals surface area contributed by atoms with Crippen LogP contribution in [0, 0.1) is 0 Å². The number of nitrogens with two attached hydrogens (primary N) is 2. The molecule has 0 bridgehead atoms. The van der Waals surface area contributed by atoms with E-state index in [1.54, 1.807) is 0 Å². The van der Waals surface area contributed by atoms with Gasteiger partial charge in [-0.2, -0.15) is 0 Å². The highest BCUT2D eigenvalue weighted by Gasteiger charge is 2.54. The van der Waals surface area contributed by atoms with E-state index in [0.29, 0.717) is 0 Å². The Morgan fingerprint density at radius 1 is 1.13 bits per heavy atom. The van der Waals surface area contributed by atoms with Crippen LogP contribution < -0.4 is 26.3 Å². The number of oxime groups is 1. The molecule has 1 aromatic heterocycles. The molecule has 2 aromatic rings. The molecule has 0 spiro atoms. The predicted octanol–water partition coefficient (Wildman–Crippen LogP) is -0.0436. The fourth-order valence-electron chi connectivity index (χ4n) is 4.28. The number of thioether (sulfide) groups is 1. The zero-order valence-corrected chi connectivity index (χ0v) is 25.8. The molecule has 7 N–H and O–H groups in total. The van der Waals surface area contributed by atoms with Crippen LogP contribution in [0.4, 0.5) is 9.93 Å². The van der Waals surface area contributed by atoms with E-state index in [0.717, 1.165) is 54.0 Å². The summed E-state index contributed by atoms with van der Waals surface area (Å²) >= 11 is 1.99. The molecule has 0 saturated carbocycles. The molecule has 21 heteroatoms. The van der Waals surface area contributed by atoms with E-state index in [1.807, 2.05) is 0 Å². The van der Waals surface area contributed by atoms with Crippen molar-refractivity contribution >= 4 is 75.7 Å². The molecule has 47 heavy (non-hydrogen) atoms. The van der Waals surface area contributed by atoms with Gasteiger partial charge in [-0.3, -0.25) is 24.1 Å². The number of aromatic nitrogens is 1. The Bertz CT molecular complexity index is 1740. The van der Waals surface area contributed by atoms with Crippen molar-refractivity contribution in [3.63, 3.8) is 0 Å². The van der Waals surface area contributed by atoms with Crippen molar-refractivity contribution in [1.29, 1.82) is 0 Å². The van der Waals surface area contributed by atoms with Gasteiger partial charge >= 0.3 is 30.0 Å². The number of carboxylic acids is 2. The third-order valence-electron chi connectivity index (χ3n) is 6.16. The average molecular weight is 693 g/mol. The zero-order valence-electron chi connectivity index (χ0n) is 24.2. The third kappa shape index (κ3) is 7.76. The normalized spacial score (nSPS) is 17.9. The quantitative estimate of drug-likeness (QED) is 0.0641. The fourth-order valence-corrected chi connectivity index (χ4v) is 6.15. The summed E-state index contributed by atoms with van der Waals surface area (Å²) in [6.45, 7) is 1.71. The number of fused-ring (bicyclic) bond motifs is 1. The number of nitrogen functional groups attached to an aromatic ring is 1. The number of carbonyl (C=O) groups excluding carboxylic acids is 5. The van der Waals surface area contributed by atoms with Gasteiger partial charge in [-0.05, 0) is 12.1 Å². The zero-order chi connectivity index (χ0) is 34.6. The van der Waals surface area contributed by atoms with Crippen LogP contribution in [-0.2, 0) is 38.3 Å². The van der Waals surface area contributed by atoms with Crippen LogP contribution in [0.15, 0.2) is 40.0 Å². The van der Waals surface area contributed by atoms with Crippen molar-refractivity contribution in [3.8, 4) is 11.5 Å². The van der Waals surface area contributed by atoms with Crippen LogP contribution in [0.5, 0.6) is 11.5 Å². The molecule has 2 aliphatic rings. The summed E-state index contributed by atoms with van der Waals surface area (Å²) in [5, 5.41) is 26.2. The first-order valence-electron chi connectivity index (χ1n) is 13.0. The van der Waals surface area contributed by atoms with Gasteiger partial charge < -0.3 is 46.0 Å². The summed E-state index contributed by atoms with van der Waals surface area (Å²) in [4.78, 5) is 94.8. The molecule has 19 nitrogen and oxygen atoms in total. The molecule has 1 unspecified atom stereocenters. The number of carbonyl (C=O) groups is 7. The number of nitrogens with one attached hydrogen (secondary N) is 1. The maximum atomic E-state index is 13.4. The van der Waals surface area contributed by atoms with E-state index in [9.17, 15) is 43.8 Å². The highest BCUT2D eigenvalue weighted by atomic mass is 32.2. The molecule has 2 aliphatic heterocycles. The lowest BCUT2D eigenvalue weighted by Crippen LogP contribution is -2.71. The maximum Gasteiger partial charge on any atom is 0.404 e. The van der Waals surface area contributed by atoms with Gasteiger partial charge in [0.15, 0.2) is 22.3 Å². The van der Waals surface area contributed by atoms with Gasteiger partial charge in [0.25, 0.3) is 11.8 Å². The lowest BCUT2D eigenvalue weighted by Gasteiger charge is -2.49. The Morgan fingerprint density at radius 2 is 1.81 bits per heavy atom. The molecule has 0 aliphatic carbocycles. The van der Waals surface area contributed by atoms with Crippen LogP contribution in [0.2, 0.25) is 0 Å². The maximum absolute atomic E-state index is 13.4. The van der Waals surface area contributed by atoms with Crippen LogP contribution in [0.25, 0.3) is 0 Å². The molecule has 248 valence electrons. The smallest absolute Gasteiger partial charge is 0.404 e. The number of nitrogens with zero attached hydrogens (tertiary/aromatic N) is 3. The van der Waals surface area contributed by atoms with Gasteiger partial charge in [0, 0.05) is 36.1 Å². The minimum atomic E-state index is -1.91. The number of rotatable bonds is 12. The first-order chi connectivity index (χ1) is 22.2. The summed E-state index contributed by atoms with van der Waals surface area (Å²) in [7, 11) is 0. The van der Waals surface area contributed by atoms with Gasteiger partial charge in [-0.25, -0.2) is 19.4 Å². The number of ether oxygens (including phenoxy) is 3. The SMILES string of the molecule is CC(=O)Oc1ccc(C(O/N=C(\C(=O)N[C@@H]2C(=O)N3C(C(=O)O)=C(COC(N)=O)CS[C@H]23)c2csc(N)n2)C(=O)O)cc1OC(C)=O. The number of anilines is 1. The van der Waals surface area contributed by atoms with E-state index in [1.165, 1.54) is 11.4 Å². The summed E-state index contributed by atoms with van der Waals surface area (Å²) in [6.07, 6.45) is -3.05. The van der Waals surface area contributed by atoms with Gasteiger partial charge in [-0.15, -0.1) is 23.1 Å². The fraction of sp³-hybridized carbons (Fsp3) is 0.269. The first kappa shape index (κ1) is 34.2. The van der Waals surface area contributed by atoms with E-state index >= 15 is 0 Å². The number of hydrogen-bond acceptors (Lipinski definition) is 16. The van der Waals surface area contributed by atoms with Crippen molar-refractivity contribution in [2.75, 3.05) is 18.1 Å². The molecule has 3 heterocycles. The second kappa shape index (κ2) is 14.2. The molecule has 1 saturated heterocycles. The van der Waals surface area contributed by atoms with Gasteiger partial charge in [0.1, 0.15) is 29.4 Å². The molecule has 1 fully saturated rings. The van der Waals surface area contributed by atoms with Gasteiger partial charge in [0.2, 0.25) is 6.10 Å². The van der Waals surface area contributed by atoms with E-state index in [2.05, 4.69) is 20.2 Å². The molecule has 1 aromatic carbocycles. The van der Waals surface area contributed by atoms with Crippen molar-refractivity contribution < 1.29 is 62.8 Å². The van der Waals surface area contributed by atoms with Crippen molar-refractivity contribution in [2.24, 2.45) is 10.9 Å². The number of primary amides is 1. The molecule has 3 amide bonds. The second-order valence-electron chi connectivity index (χ2n) is 9.45. The monoisotopic (exact) mass is 692 g/mol. The number of β-lactam (4-membered cyclic amide) rings is 1. The van der Waals surface area contributed by atoms with Crippen molar-refractivity contribution in [3.05, 3.63) is 46.1 Å². The van der Waals surface area contributed by atoms with Crippen molar-refractivity contribution in [2.45, 2.75) is 31.4 Å². The topological polar surface area (TPSA) is 289 Å². The molecule has 0 radical (unpaired) electrons. The number of esters is 2. The van der Waals surface area contributed by atoms with Gasteiger partial charge in [0.05, 0.1) is 0 Å². The molecule has 3 atom stereocenters. The van der Waals surface area contributed by atoms with E-state index in [4.69, 9.17) is 25.8 Å². The summed E-state index contributed by atoms with van der Waals surface area (Å²) in [5.41, 5.74) is 9.49. The van der Waals surface area contributed by atoms with Crippen molar-refractivity contribution in [1.82, 2.24) is 15.2 Å². The standard InChI is InChI=1S/C26H24N6O13S2/c1-9(33)43-14-4-3-11(5-15(14)44-10(2)34)19(24(39)40)45-31-16(13-8-47-25(27)29-13)20(35)30-17-21(36)32-18(23(37)38)12(6-42-26(28)41)7-46-22(17)32/h3-5,8,17,19,22H,6-7H2,1-2H3,(H2,27,29)(H2,28,41)(H,30,35)(H,37,38)(H,39,40)/b31-16-/t17-,19?,22-/m1/s1. The summed E-state index contributed by atoms with van der Waals surface area (Å²) in [5.74, 6) is -6.93. The lowest BCUT2D eigenvalue weighted by molar-refractivity contribution is -0.151. The third-order valence-corrected chi connectivity index (χ3v) is 8.17. The number of aliphatic carboxylic acids is 2. The number of thiazole rings is 1. The highest BCUT2D eigenvalue weighted by Crippen LogP contribution is 2.40. The second-order valence-corrected chi connectivity index (χ2v) is 11.4. The Labute approximate surface area is 271 Å². The van der Waals surface area contributed by atoms with Crippen LogP contribution in [0.1, 0.15) is 31.2 Å². The van der Waals surface area contributed by atoms with Crippen LogP contribution in [0.3, 0.4) is 0 Å². The Hall–Kier alpha value is -5.70. The average Bonchev–Trinajstić information content (AvgIpc) is 3.42. The highest BCUT2D eigenvalue weighted by molar-refractivity contribution is 8.00. The van der Waals surface area contributed by atoms with Gasteiger partial charge in [-0.1, -0.05) is 11.2 Å². The summed E-state index contributed by atoms with van der Waals surface area (Å²) in [6, 6.07) is 2.16. The number of benzene rings is 1. The Kier molecular flexibility index (Phi) is 10.3. The summed E-state index contributed by atoms with van der Waals surface area (Å²) < 4.78 is 14.7. The Morgan fingerprint density at radius 3 is 2.38 bits per heavy atom. The molecular formula is C26H24N6O13S2. The first-order valence-corrected chi connectivity index (χ1v) is 14.9. The minimum absolute atomic E-state index is 0.0121.